The van der Waals surface area contributed by atoms with Crippen LogP contribution in [0.4, 0.5) is 10.5 Å². The topological polar surface area (TPSA) is 91.0 Å². The van der Waals surface area contributed by atoms with Gasteiger partial charge in [0.2, 0.25) is 10.0 Å². The second kappa shape index (κ2) is 13.3. The van der Waals surface area contributed by atoms with Gasteiger partial charge in [-0.05, 0) is 82.0 Å². The fraction of sp³-hybridized carbons (Fsp3) is 0.519. The van der Waals surface area contributed by atoms with Crippen molar-refractivity contribution in [3.63, 3.8) is 0 Å². The Morgan fingerprint density at radius 3 is 2.05 bits per heavy atom. The molecule has 1 heterocycles. The molecule has 10 heteroatoms. The Bertz CT molecular complexity index is 1090. The smallest absolute Gasteiger partial charge is 0.318 e. The third-order valence-electron chi connectivity index (χ3n) is 5.93. The Morgan fingerprint density at radius 2 is 1.57 bits per heavy atom. The molecule has 0 bridgehead atoms. The summed E-state index contributed by atoms with van der Waals surface area (Å²) < 4.78 is 31.0. The minimum atomic E-state index is -3.30. The number of amides is 2. The molecule has 206 valence electrons. The molecule has 0 atom stereocenters. The molecule has 0 saturated carbocycles. The molecule has 1 aliphatic rings. The summed E-state index contributed by atoms with van der Waals surface area (Å²) in [6.45, 7) is 11.7. The van der Waals surface area contributed by atoms with Gasteiger partial charge in [-0.25, -0.2) is 13.2 Å². The van der Waals surface area contributed by atoms with Crippen LogP contribution < -0.4 is 14.8 Å². The van der Waals surface area contributed by atoms with Crippen molar-refractivity contribution < 1.29 is 17.9 Å². The highest BCUT2D eigenvalue weighted by Gasteiger charge is 2.29. The summed E-state index contributed by atoms with van der Waals surface area (Å²) in [5.41, 5.74) is 1.47. The molecule has 0 unspecified atom stereocenters. The Hall–Kier alpha value is -2.49. The molecule has 2 aromatic rings. The molecule has 2 amide bonds. The largest absolute Gasteiger partial charge is 0.457 e. The quantitative estimate of drug-likeness (QED) is 0.431. The van der Waals surface area contributed by atoms with Crippen LogP contribution in [0.15, 0.2) is 48.5 Å². The molecule has 1 fully saturated rings. The van der Waals surface area contributed by atoms with Gasteiger partial charge in [0.15, 0.2) is 0 Å². The van der Waals surface area contributed by atoms with Gasteiger partial charge in [0.05, 0.1) is 6.26 Å². The monoisotopic (exact) mass is 552 g/mol. The maximum Gasteiger partial charge on any atom is 0.318 e. The Labute approximate surface area is 228 Å². The highest BCUT2D eigenvalue weighted by atomic mass is 35.5. The van der Waals surface area contributed by atoms with E-state index in [4.69, 9.17) is 4.74 Å². The molecule has 2 N–H and O–H groups in total. The molecule has 2 aromatic carbocycles. The molecule has 0 radical (unpaired) electrons. The summed E-state index contributed by atoms with van der Waals surface area (Å²) in [6.07, 6.45) is 4.02. The van der Waals surface area contributed by atoms with E-state index in [1.807, 2.05) is 37.8 Å². The van der Waals surface area contributed by atoms with Crippen LogP contribution in [0.1, 0.15) is 52.5 Å². The lowest BCUT2D eigenvalue weighted by Gasteiger charge is -2.39. The number of halogens is 1. The molecule has 0 spiro atoms. The van der Waals surface area contributed by atoms with E-state index in [2.05, 4.69) is 34.0 Å². The zero-order valence-electron chi connectivity index (χ0n) is 22.5. The molecule has 1 aliphatic heterocycles. The van der Waals surface area contributed by atoms with E-state index in [0.717, 1.165) is 57.4 Å². The lowest BCUT2D eigenvalue weighted by Crippen LogP contribution is -2.54. The number of hydrogen-bond acceptors (Lipinski definition) is 5. The van der Waals surface area contributed by atoms with Gasteiger partial charge < -0.3 is 15.0 Å². The molecule has 8 nitrogen and oxygen atoms in total. The first-order valence-corrected chi connectivity index (χ1v) is 14.5. The van der Waals surface area contributed by atoms with Crippen molar-refractivity contribution in [2.45, 2.75) is 65.1 Å². The lowest BCUT2D eigenvalue weighted by molar-refractivity contribution is 0.113. The number of ether oxygens (including phenoxy) is 1. The van der Waals surface area contributed by atoms with E-state index in [0.29, 0.717) is 11.4 Å². The van der Waals surface area contributed by atoms with Crippen LogP contribution in [-0.2, 0) is 16.6 Å². The van der Waals surface area contributed by atoms with Gasteiger partial charge in [0.1, 0.15) is 11.5 Å². The van der Waals surface area contributed by atoms with Gasteiger partial charge in [-0.3, -0.25) is 9.62 Å². The summed E-state index contributed by atoms with van der Waals surface area (Å²) in [5, 5.41) is 3.12. The molecule has 37 heavy (non-hydrogen) atoms. The summed E-state index contributed by atoms with van der Waals surface area (Å²) in [4.78, 5) is 17.3. The molecular formula is C27H41ClN4O4S. The number of piperidine rings is 1. The normalized spacial score (nSPS) is 14.9. The number of nitrogens with zero attached hydrogens (tertiary/aromatic N) is 2. The number of nitrogens with one attached hydrogen (secondary N) is 2. The van der Waals surface area contributed by atoms with Crippen LogP contribution in [-0.4, -0.2) is 61.7 Å². The van der Waals surface area contributed by atoms with Crippen molar-refractivity contribution in [3.05, 3.63) is 54.1 Å². The number of anilines is 1. The number of likely N-dealkylation sites (tertiary alicyclic amines) is 1. The van der Waals surface area contributed by atoms with Gasteiger partial charge in [-0.15, -0.1) is 12.4 Å². The minimum Gasteiger partial charge on any atom is -0.457 e. The van der Waals surface area contributed by atoms with Gasteiger partial charge >= 0.3 is 6.03 Å². The van der Waals surface area contributed by atoms with Crippen molar-refractivity contribution in [2.24, 2.45) is 0 Å². The van der Waals surface area contributed by atoms with E-state index in [-0.39, 0.29) is 30.0 Å². The second-order valence-electron chi connectivity index (χ2n) is 10.5. The third-order valence-corrected chi connectivity index (χ3v) is 6.53. The number of rotatable bonds is 9. The maximum absolute atomic E-state index is 12.8. The van der Waals surface area contributed by atoms with Gasteiger partial charge in [0, 0.05) is 43.4 Å². The number of hydrogen-bond donors (Lipinski definition) is 2. The fourth-order valence-corrected chi connectivity index (χ4v) is 4.90. The Kier molecular flexibility index (Phi) is 11.1. The predicted octanol–water partition coefficient (Wildman–Crippen LogP) is 5.46. The average Bonchev–Trinajstić information content (AvgIpc) is 2.79. The number of benzene rings is 2. The number of sulfonamides is 1. The van der Waals surface area contributed by atoms with E-state index in [1.54, 1.807) is 24.3 Å². The molecule has 1 saturated heterocycles. The highest BCUT2D eigenvalue weighted by Crippen LogP contribution is 2.25. The first kappa shape index (κ1) is 30.7. The zero-order valence-corrected chi connectivity index (χ0v) is 24.1. The zero-order chi connectivity index (χ0) is 26.3. The first-order chi connectivity index (χ1) is 16.9. The third kappa shape index (κ3) is 10.4. The van der Waals surface area contributed by atoms with Crippen molar-refractivity contribution in [3.8, 4) is 11.5 Å². The van der Waals surface area contributed by atoms with Crippen LogP contribution in [0.5, 0.6) is 11.5 Å². The summed E-state index contributed by atoms with van der Waals surface area (Å²) in [7, 11) is -3.30. The molecule has 0 aromatic heterocycles. The summed E-state index contributed by atoms with van der Waals surface area (Å²) >= 11 is 0. The van der Waals surface area contributed by atoms with E-state index in [1.165, 1.54) is 5.56 Å². The fourth-order valence-electron chi connectivity index (χ4n) is 4.33. The SMILES string of the molecule is CCCN(C(=O)NC(C)(C)C)C1CCN(Cc2ccc(Oc3ccc(NS(C)(=O)=O)cc3)cc2)CC1.Cl. The van der Waals surface area contributed by atoms with E-state index in [9.17, 15) is 13.2 Å². The van der Waals surface area contributed by atoms with Crippen molar-refractivity contribution in [2.75, 3.05) is 30.6 Å². The van der Waals surface area contributed by atoms with Gasteiger partial charge in [0.25, 0.3) is 0 Å². The van der Waals surface area contributed by atoms with Crippen molar-refractivity contribution >= 4 is 34.1 Å². The van der Waals surface area contributed by atoms with E-state index < -0.39 is 10.0 Å². The predicted molar refractivity (Wildman–Crippen MR) is 152 cm³/mol. The number of urea groups is 1. The average molecular weight is 553 g/mol. The summed E-state index contributed by atoms with van der Waals surface area (Å²) in [5.74, 6) is 1.36. The summed E-state index contributed by atoms with van der Waals surface area (Å²) in [6, 6.07) is 15.2. The number of carbonyl (C=O) groups excluding carboxylic acids is 1. The minimum absolute atomic E-state index is 0. The first-order valence-electron chi connectivity index (χ1n) is 12.6. The van der Waals surface area contributed by atoms with Crippen molar-refractivity contribution in [1.82, 2.24) is 15.1 Å². The van der Waals surface area contributed by atoms with Crippen LogP contribution in [0.25, 0.3) is 0 Å². The van der Waals surface area contributed by atoms with Crippen LogP contribution in [0.2, 0.25) is 0 Å². The van der Waals surface area contributed by atoms with Crippen molar-refractivity contribution in [1.29, 1.82) is 0 Å². The van der Waals surface area contributed by atoms with Crippen LogP contribution in [0, 0.1) is 0 Å². The second-order valence-corrected chi connectivity index (χ2v) is 12.3. The number of carbonyl (C=O) groups is 1. The molecule has 3 rings (SSSR count). The highest BCUT2D eigenvalue weighted by molar-refractivity contribution is 7.92. The van der Waals surface area contributed by atoms with Crippen LogP contribution in [0.3, 0.4) is 0 Å². The lowest BCUT2D eigenvalue weighted by atomic mass is 10.0. The standard InChI is InChI=1S/C27H40N4O4S.ClH/c1-6-17-31(26(32)28-27(2,3)4)23-15-18-30(19-16-23)20-21-7-11-24(12-8-21)35-25-13-9-22(10-14-25)29-36(5,33)34;/h7-14,23,29H,6,15-20H2,1-5H3,(H,28,32);1H. The molecular weight excluding hydrogens is 512 g/mol. The van der Waals surface area contributed by atoms with Gasteiger partial charge in [-0.1, -0.05) is 19.1 Å². The Morgan fingerprint density at radius 1 is 1.03 bits per heavy atom. The Balaban J connectivity index is 0.00000481. The van der Waals surface area contributed by atoms with Crippen LogP contribution >= 0.6 is 12.4 Å². The van der Waals surface area contributed by atoms with E-state index >= 15 is 0 Å². The van der Waals surface area contributed by atoms with Gasteiger partial charge in [-0.2, -0.15) is 0 Å². The molecule has 0 aliphatic carbocycles. The maximum atomic E-state index is 12.8.